The zero-order valence-corrected chi connectivity index (χ0v) is 19.3. The summed E-state index contributed by atoms with van der Waals surface area (Å²) in [6, 6.07) is 5.79. The van der Waals surface area contributed by atoms with Gasteiger partial charge in [0.25, 0.3) is 0 Å². The maximum absolute atomic E-state index is 12.8. The molecule has 0 aliphatic carbocycles. The molecule has 1 aromatic carbocycles. The smallest absolute Gasteiger partial charge is 0.228 e. The van der Waals surface area contributed by atoms with Gasteiger partial charge in [0, 0.05) is 32.6 Å². The quantitative estimate of drug-likeness (QED) is 0.647. The van der Waals surface area contributed by atoms with Crippen molar-refractivity contribution >= 4 is 33.4 Å². The summed E-state index contributed by atoms with van der Waals surface area (Å²) in [6.07, 6.45) is 3.93. The van der Waals surface area contributed by atoms with Gasteiger partial charge >= 0.3 is 0 Å². The molecule has 0 saturated carbocycles. The molecule has 2 saturated heterocycles. The number of amides is 2. The lowest BCUT2D eigenvalue weighted by atomic mass is 9.97. The number of carbonyl (C=O) groups excluding carboxylic acids is 2. The van der Waals surface area contributed by atoms with E-state index >= 15 is 0 Å². The summed E-state index contributed by atoms with van der Waals surface area (Å²) in [5.41, 5.74) is 1.08. The van der Waals surface area contributed by atoms with Gasteiger partial charge in [0.15, 0.2) is 11.5 Å². The fourth-order valence-corrected chi connectivity index (χ4v) is 5.10. The lowest BCUT2D eigenvalue weighted by Gasteiger charge is -2.31. The van der Waals surface area contributed by atoms with E-state index < -0.39 is 0 Å². The van der Waals surface area contributed by atoms with E-state index in [4.69, 9.17) is 9.47 Å². The molecule has 9 nitrogen and oxygen atoms in total. The Hall–Kier alpha value is -2.88. The minimum absolute atomic E-state index is 0.0645. The summed E-state index contributed by atoms with van der Waals surface area (Å²) in [4.78, 5) is 28.6. The minimum Gasteiger partial charge on any atom is -0.493 e. The van der Waals surface area contributed by atoms with Crippen molar-refractivity contribution in [1.82, 2.24) is 15.5 Å². The Morgan fingerprint density at radius 2 is 1.97 bits per heavy atom. The van der Waals surface area contributed by atoms with Crippen molar-refractivity contribution < 1.29 is 19.1 Å². The molecule has 0 unspecified atom stereocenters. The minimum atomic E-state index is -0.0880. The first-order chi connectivity index (χ1) is 15.6. The predicted molar refractivity (Wildman–Crippen MR) is 123 cm³/mol. The van der Waals surface area contributed by atoms with Crippen LogP contribution in [0.1, 0.15) is 31.2 Å². The second-order valence-corrected chi connectivity index (χ2v) is 8.97. The van der Waals surface area contributed by atoms with Gasteiger partial charge < -0.3 is 19.7 Å². The molecule has 0 radical (unpaired) electrons. The van der Waals surface area contributed by atoms with E-state index in [0.29, 0.717) is 49.1 Å². The van der Waals surface area contributed by atoms with Crippen LogP contribution in [0.4, 0.5) is 10.3 Å². The van der Waals surface area contributed by atoms with E-state index in [9.17, 15) is 9.59 Å². The van der Waals surface area contributed by atoms with Crippen LogP contribution in [0.3, 0.4) is 0 Å². The molecule has 2 aliphatic heterocycles. The highest BCUT2D eigenvalue weighted by atomic mass is 32.1. The van der Waals surface area contributed by atoms with E-state index in [1.54, 1.807) is 19.1 Å². The van der Waals surface area contributed by atoms with E-state index in [1.165, 1.54) is 11.3 Å². The number of methoxy groups -OCH3 is 2. The Morgan fingerprint density at radius 3 is 2.72 bits per heavy atom. The molecule has 0 spiro atoms. The fourth-order valence-electron chi connectivity index (χ4n) is 4.17. The van der Waals surface area contributed by atoms with Gasteiger partial charge in [-0.25, -0.2) is 0 Å². The van der Waals surface area contributed by atoms with E-state index in [0.717, 1.165) is 36.5 Å². The molecule has 2 aromatic rings. The van der Waals surface area contributed by atoms with Crippen LogP contribution >= 0.6 is 11.3 Å². The van der Waals surface area contributed by atoms with Crippen molar-refractivity contribution in [3.8, 4) is 11.5 Å². The average molecular weight is 460 g/mol. The van der Waals surface area contributed by atoms with E-state index in [-0.39, 0.29) is 17.7 Å². The van der Waals surface area contributed by atoms with E-state index in [2.05, 4.69) is 20.4 Å². The summed E-state index contributed by atoms with van der Waals surface area (Å²) in [5.74, 6) is 1.46. The second-order valence-electron chi connectivity index (χ2n) is 8.03. The number of anilines is 2. The van der Waals surface area contributed by atoms with Crippen LogP contribution in [-0.2, 0) is 16.0 Å². The Morgan fingerprint density at radius 1 is 1.16 bits per heavy atom. The monoisotopic (exact) mass is 459 g/mol. The van der Waals surface area contributed by atoms with Crippen molar-refractivity contribution in [2.45, 2.75) is 32.1 Å². The van der Waals surface area contributed by atoms with Crippen LogP contribution in [0.5, 0.6) is 11.5 Å². The number of piperidine rings is 1. The highest BCUT2D eigenvalue weighted by Crippen LogP contribution is 2.32. The number of nitrogens with one attached hydrogen (secondary N) is 1. The third-order valence-electron chi connectivity index (χ3n) is 5.93. The molecule has 2 fully saturated rings. The zero-order chi connectivity index (χ0) is 22.5. The Balaban J connectivity index is 1.29. The van der Waals surface area contributed by atoms with Crippen molar-refractivity contribution in [3.05, 3.63) is 23.8 Å². The summed E-state index contributed by atoms with van der Waals surface area (Å²) in [7, 11) is 3.22. The average Bonchev–Trinajstić information content (AvgIpc) is 3.48. The van der Waals surface area contributed by atoms with Gasteiger partial charge in [-0.15, -0.1) is 10.2 Å². The molecule has 1 atom stereocenters. The van der Waals surface area contributed by atoms with Gasteiger partial charge in [0.2, 0.25) is 22.1 Å². The van der Waals surface area contributed by atoms with Gasteiger partial charge in [-0.2, -0.15) is 0 Å². The molecular formula is C22H29N5O4S. The number of nitrogens with zero attached hydrogens (tertiary/aromatic N) is 4. The molecule has 3 heterocycles. The second kappa shape index (κ2) is 10.2. The first kappa shape index (κ1) is 22.3. The SMILES string of the molecule is COc1ccc(CCNC(=O)[C@@H]2CCCN(c3nnc(N4CCCC4=O)s3)C2)cc1OC. The Bertz CT molecular complexity index is 966. The molecule has 2 aliphatic rings. The molecule has 2 amide bonds. The highest BCUT2D eigenvalue weighted by Gasteiger charge is 2.30. The number of ether oxygens (including phenoxy) is 2. The summed E-state index contributed by atoms with van der Waals surface area (Å²) >= 11 is 1.43. The summed E-state index contributed by atoms with van der Waals surface area (Å²) < 4.78 is 10.6. The van der Waals surface area contributed by atoms with Gasteiger partial charge in [-0.1, -0.05) is 17.4 Å². The maximum atomic E-state index is 12.8. The summed E-state index contributed by atoms with van der Waals surface area (Å²) in [5, 5.41) is 13.0. The first-order valence-electron chi connectivity index (χ1n) is 11.0. The molecular weight excluding hydrogens is 430 g/mol. The lowest BCUT2D eigenvalue weighted by molar-refractivity contribution is -0.125. The Kier molecular flexibility index (Phi) is 7.09. The molecule has 10 heteroatoms. The number of rotatable bonds is 8. The number of benzene rings is 1. The van der Waals surface area contributed by atoms with Crippen molar-refractivity contribution in [1.29, 1.82) is 0 Å². The van der Waals surface area contributed by atoms with Gasteiger partial charge in [0.05, 0.1) is 20.1 Å². The largest absolute Gasteiger partial charge is 0.493 e. The highest BCUT2D eigenvalue weighted by molar-refractivity contribution is 7.19. The van der Waals surface area contributed by atoms with E-state index in [1.807, 2.05) is 18.2 Å². The van der Waals surface area contributed by atoms with Crippen LogP contribution in [-0.4, -0.2) is 62.4 Å². The van der Waals surface area contributed by atoms with Crippen LogP contribution in [0.25, 0.3) is 0 Å². The number of carbonyl (C=O) groups is 2. The number of hydrogen-bond acceptors (Lipinski definition) is 8. The van der Waals surface area contributed by atoms with Crippen LogP contribution in [0.15, 0.2) is 18.2 Å². The van der Waals surface area contributed by atoms with Gasteiger partial charge in [-0.05, 0) is 43.4 Å². The van der Waals surface area contributed by atoms with Crippen molar-refractivity contribution in [2.75, 3.05) is 50.2 Å². The van der Waals surface area contributed by atoms with Crippen molar-refractivity contribution in [2.24, 2.45) is 5.92 Å². The van der Waals surface area contributed by atoms with Gasteiger partial charge in [0.1, 0.15) is 0 Å². The van der Waals surface area contributed by atoms with Crippen LogP contribution in [0.2, 0.25) is 0 Å². The molecule has 0 bridgehead atoms. The first-order valence-corrected chi connectivity index (χ1v) is 11.8. The third-order valence-corrected chi connectivity index (χ3v) is 6.94. The molecule has 4 rings (SSSR count). The topological polar surface area (TPSA) is 96.9 Å². The standard InChI is InChI=1S/C22H29N5O4S/c1-30-17-8-7-15(13-18(17)31-2)9-10-23-20(29)16-5-3-11-26(14-16)21-24-25-22(32-21)27-12-4-6-19(27)28/h7-8,13,16H,3-6,9-12,14H2,1-2H3,(H,23,29)/t16-/m1/s1. The third kappa shape index (κ3) is 4.95. The molecule has 172 valence electrons. The normalized spacial score (nSPS) is 18.7. The number of aromatic nitrogens is 2. The summed E-state index contributed by atoms with van der Waals surface area (Å²) in [6.45, 7) is 2.73. The Labute approximate surface area is 191 Å². The molecule has 32 heavy (non-hydrogen) atoms. The maximum Gasteiger partial charge on any atom is 0.228 e. The van der Waals surface area contributed by atoms with Crippen molar-refractivity contribution in [3.63, 3.8) is 0 Å². The van der Waals surface area contributed by atoms with Crippen LogP contribution in [0, 0.1) is 5.92 Å². The fraction of sp³-hybridized carbons (Fsp3) is 0.545. The zero-order valence-electron chi connectivity index (χ0n) is 18.5. The van der Waals surface area contributed by atoms with Crippen LogP contribution < -0.4 is 24.6 Å². The lowest BCUT2D eigenvalue weighted by Crippen LogP contribution is -2.43. The predicted octanol–water partition coefficient (Wildman–Crippen LogP) is 2.26. The van der Waals surface area contributed by atoms with Gasteiger partial charge in [-0.3, -0.25) is 14.5 Å². The number of hydrogen-bond donors (Lipinski definition) is 1. The molecule has 1 N–H and O–H groups in total. The molecule has 1 aromatic heterocycles.